The van der Waals surface area contributed by atoms with Crippen LogP contribution in [0.5, 0.6) is 5.75 Å². The van der Waals surface area contributed by atoms with Crippen LogP contribution < -0.4 is 20.7 Å². The molecule has 1 aliphatic heterocycles. The first kappa shape index (κ1) is 16.1. The second kappa shape index (κ2) is 7.68. The Bertz CT molecular complexity index is 531. The molecule has 120 valence electrons. The summed E-state index contributed by atoms with van der Waals surface area (Å²) < 4.78 is 5.71. The Kier molecular flexibility index (Phi) is 5.63. The number of hydrogen-bond donors (Lipinski definition) is 3. The van der Waals surface area contributed by atoms with E-state index in [1.54, 1.807) is 0 Å². The second-order valence-electron chi connectivity index (χ2n) is 5.59. The van der Waals surface area contributed by atoms with E-state index in [2.05, 4.69) is 16.0 Å². The van der Waals surface area contributed by atoms with Crippen molar-refractivity contribution in [3.63, 3.8) is 0 Å². The number of piperidine rings is 1. The third-order valence-electron chi connectivity index (χ3n) is 3.37. The summed E-state index contributed by atoms with van der Waals surface area (Å²) in [6, 6.07) is 6.79. The molecule has 0 bridgehead atoms. The van der Waals surface area contributed by atoms with Crippen LogP contribution in [0.25, 0.3) is 0 Å². The van der Waals surface area contributed by atoms with Gasteiger partial charge in [0.2, 0.25) is 5.91 Å². The van der Waals surface area contributed by atoms with E-state index in [1.807, 2.05) is 38.1 Å². The lowest BCUT2D eigenvalue weighted by molar-refractivity contribution is -0.124. The number of carbonyl (C=O) groups is 2. The molecule has 1 fully saturated rings. The van der Waals surface area contributed by atoms with Crippen LogP contribution >= 0.6 is 0 Å². The summed E-state index contributed by atoms with van der Waals surface area (Å²) in [6.07, 6.45) is 1.62. The predicted molar refractivity (Wildman–Crippen MR) is 83.6 cm³/mol. The summed E-state index contributed by atoms with van der Waals surface area (Å²) in [5.41, 5.74) is 0.902. The molecule has 22 heavy (non-hydrogen) atoms. The Morgan fingerprint density at radius 2 is 2.18 bits per heavy atom. The van der Waals surface area contributed by atoms with Gasteiger partial charge in [-0.25, -0.2) is 4.79 Å². The first-order valence-corrected chi connectivity index (χ1v) is 7.63. The molecule has 0 aromatic heterocycles. The van der Waals surface area contributed by atoms with Gasteiger partial charge in [-0.15, -0.1) is 0 Å². The Morgan fingerprint density at radius 1 is 1.41 bits per heavy atom. The molecule has 3 amide bonds. The maximum atomic E-state index is 11.9. The number of amides is 3. The quantitative estimate of drug-likeness (QED) is 0.772. The van der Waals surface area contributed by atoms with Crippen molar-refractivity contribution in [1.29, 1.82) is 0 Å². The Labute approximate surface area is 130 Å². The number of urea groups is 1. The molecule has 0 spiro atoms. The first-order chi connectivity index (χ1) is 10.6. The van der Waals surface area contributed by atoms with Gasteiger partial charge >= 0.3 is 6.03 Å². The van der Waals surface area contributed by atoms with E-state index < -0.39 is 6.04 Å². The molecule has 1 saturated heterocycles. The van der Waals surface area contributed by atoms with Gasteiger partial charge in [0.1, 0.15) is 11.8 Å². The van der Waals surface area contributed by atoms with Gasteiger partial charge in [-0.3, -0.25) is 4.79 Å². The fraction of sp³-hybridized carbons (Fsp3) is 0.500. The van der Waals surface area contributed by atoms with Crippen LogP contribution in [0.4, 0.5) is 4.79 Å². The van der Waals surface area contributed by atoms with Crippen molar-refractivity contribution in [2.75, 3.05) is 6.54 Å². The highest BCUT2D eigenvalue weighted by atomic mass is 16.5. The van der Waals surface area contributed by atoms with Crippen LogP contribution in [0.3, 0.4) is 0 Å². The van der Waals surface area contributed by atoms with Gasteiger partial charge in [0.05, 0.1) is 6.10 Å². The number of benzene rings is 1. The average Bonchev–Trinajstić information content (AvgIpc) is 2.48. The van der Waals surface area contributed by atoms with Crippen molar-refractivity contribution in [2.45, 2.75) is 45.4 Å². The second-order valence-corrected chi connectivity index (χ2v) is 5.59. The Morgan fingerprint density at radius 3 is 2.91 bits per heavy atom. The Balaban J connectivity index is 1.87. The van der Waals surface area contributed by atoms with Crippen LogP contribution in [0.2, 0.25) is 0 Å². The number of ether oxygens (including phenoxy) is 1. The fourth-order valence-corrected chi connectivity index (χ4v) is 2.31. The largest absolute Gasteiger partial charge is 0.491 e. The normalized spacial score (nSPS) is 17.8. The molecule has 1 heterocycles. The van der Waals surface area contributed by atoms with E-state index in [9.17, 15) is 9.59 Å². The Hall–Kier alpha value is -2.24. The van der Waals surface area contributed by atoms with Crippen LogP contribution in [0.15, 0.2) is 24.3 Å². The monoisotopic (exact) mass is 305 g/mol. The minimum absolute atomic E-state index is 0.0703. The van der Waals surface area contributed by atoms with E-state index in [0.29, 0.717) is 19.5 Å². The van der Waals surface area contributed by atoms with Crippen molar-refractivity contribution < 1.29 is 14.3 Å². The van der Waals surface area contributed by atoms with Crippen molar-refractivity contribution >= 4 is 11.9 Å². The fourth-order valence-electron chi connectivity index (χ4n) is 2.31. The van der Waals surface area contributed by atoms with Crippen LogP contribution in [0, 0.1) is 0 Å². The zero-order valence-electron chi connectivity index (χ0n) is 13.0. The SMILES string of the molecule is CC(C)Oc1ccccc1CNC(=O)N[C@@H]1CCCNC1=O. The lowest BCUT2D eigenvalue weighted by atomic mass is 10.1. The van der Waals surface area contributed by atoms with E-state index in [0.717, 1.165) is 17.7 Å². The minimum atomic E-state index is -0.448. The van der Waals surface area contributed by atoms with Gasteiger partial charge in [0, 0.05) is 18.7 Å². The predicted octanol–water partition coefficient (Wildman–Crippen LogP) is 1.55. The minimum Gasteiger partial charge on any atom is -0.491 e. The van der Waals surface area contributed by atoms with Crippen molar-refractivity contribution in [2.24, 2.45) is 0 Å². The number of hydrogen-bond acceptors (Lipinski definition) is 3. The zero-order valence-corrected chi connectivity index (χ0v) is 13.0. The summed E-state index contributed by atoms with van der Waals surface area (Å²) in [5, 5.41) is 8.21. The molecule has 6 heteroatoms. The third-order valence-corrected chi connectivity index (χ3v) is 3.37. The highest BCUT2D eigenvalue weighted by Crippen LogP contribution is 2.19. The topological polar surface area (TPSA) is 79.5 Å². The number of para-hydroxylation sites is 1. The van der Waals surface area contributed by atoms with Crippen molar-refractivity contribution in [1.82, 2.24) is 16.0 Å². The van der Waals surface area contributed by atoms with Crippen LogP contribution in [-0.4, -0.2) is 30.6 Å². The van der Waals surface area contributed by atoms with Crippen molar-refractivity contribution in [3.05, 3.63) is 29.8 Å². The van der Waals surface area contributed by atoms with Crippen LogP contribution in [-0.2, 0) is 11.3 Å². The van der Waals surface area contributed by atoms with Crippen molar-refractivity contribution in [3.8, 4) is 5.75 Å². The molecule has 1 aromatic rings. The van der Waals surface area contributed by atoms with Crippen LogP contribution in [0.1, 0.15) is 32.3 Å². The molecule has 0 unspecified atom stereocenters. The van der Waals surface area contributed by atoms with E-state index in [1.165, 1.54) is 0 Å². The lowest BCUT2D eigenvalue weighted by Crippen LogP contribution is -2.52. The molecular formula is C16H23N3O3. The summed E-state index contributed by atoms with van der Waals surface area (Å²) in [7, 11) is 0. The van der Waals surface area contributed by atoms with Gasteiger partial charge < -0.3 is 20.7 Å². The molecule has 1 aliphatic rings. The molecule has 0 aliphatic carbocycles. The maximum Gasteiger partial charge on any atom is 0.315 e. The van der Waals surface area contributed by atoms with E-state index >= 15 is 0 Å². The van der Waals surface area contributed by atoms with E-state index in [-0.39, 0.29) is 18.0 Å². The maximum absolute atomic E-state index is 11.9. The van der Waals surface area contributed by atoms with Gasteiger partial charge in [0.15, 0.2) is 0 Å². The van der Waals surface area contributed by atoms with E-state index in [4.69, 9.17) is 4.74 Å². The first-order valence-electron chi connectivity index (χ1n) is 7.63. The van der Waals surface area contributed by atoms with Gasteiger partial charge in [-0.05, 0) is 32.8 Å². The summed E-state index contributed by atoms with van der Waals surface area (Å²) in [4.78, 5) is 23.5. The molecule has 2 rings (SSSR count). The van der Waals surface area contributed by atoms with Gasteiger partial charge in [-0.1, -0.05) is 18.2 Å². The summed E-state index contributed by atoms with van der Waals surface area (Å²) in [6.45, 7) is 4.94. The average molecular weight is 305 g/mol. The zero-order chi connectivity index (χ0) is 15.9. The number of rotatable bonds is 5. The molecule has 3 N–H and O–H groups in total. The molecule has 1 atom stereocenters. The molecule has 1 aromatic carbocycles. The lowest BCUT2D eigenvalue weighted by Gasteiger charge is -2.23. The molecule has 6 nitrogen and oxygen atoms in total. The molecule has 0 saturated carbocycles. The third kappa shape index (κ3) is 4.65. The smallest absolute Gasteiger partial charge is 0.315 e. The number of nitrogens with one attached hydrogen (secondary N) is 3. The number of carbonyl (C=O) groups excluding carboxylic acids is 2. The van der Waals surface area contributed by atoms with Gasteiger partial charge in [0.25, 0.3) is 0 Å². The molecule has 0 radical (unpaired) electrons. The summed E-state index contributed by atoms with van der Waals surface area (Å²) in [5.74, 6) is 0.637. The van der Waals surface area contributed by atoms with Gasteiger partial charge in [-0.2, -0.15) is 0 Å². The standard InChI is InChI=1S/C16H23N3O3/c1-11(2)22-14-8-4-3-6-12(14)10-18-16(21)19-13-7-5-9-17-15(13)20/h3-4,6,8,11,13H,5,7,9-10H2,1-2H3,(H,17,20)(H2,18,19,21)/t13-/m1/s1. The summed E-state index contributed by atoms with van der Waals surface area (Å²) >= 11 is 0. The molecular weight excluding hydrogens is 282 g/mol. The highest BCUT2D eigenvalue weighted by molar-refractivity contribution is 5.87. The highest BCUT2D eigenvalue weighted by Gasteiger charge is 2.23.